The van der Waals surface area contributed by atoms with E-state index in [1.54, 1.807) is 19.1 Å². The van der Waals surface area contributed by atoms with E-state index >= 15 is 0 Å². The normalized spacial score (nSPS) is 13.2. The molecular weight excluding hydrogens is 305 g/mol. The van der Waals surface area contributed by atoms with Crippen molar-refractivity contribution in [1.82, 2.24) is 5.32 Å². The summed E-state index contributed by atoms with van der Waals surface area (Å²) in [5, 5.41) is 2.90. The van der Waals surface area contributed by atoms with E-state index < -0.39 is 6.10 Å². The van der Waals surface area contributed by atoms with Crippen LogP contribution in [0, 0.1) is 26.6 Å². The zero-order chi connectivity index (χ0) is 17.9. The van der Waals surface area contributed by atoms with Gasteiger partial charge in [-0.05, 0) is 75.1 Å². The standard InChI is InChI=1S/C20H24FNO2/c1-12-10-13(2)14(3)19(11-12)24-16(5)20(23)22-15(4)17-6-8-18(21)9-7-17/h6-11,15-16H,1-5H3,(H,22,23)/t15-,16-/m1/s1. The van der Waals surface area contributed by atoms with Crippen LogP contribution in [0.1, 0.15) is 42.1 Å². The zero-order valence-corrected chi connectivity index (χ0v) is 14.8. The van der Waals surface area contributed by atoms with Crippen molar-refractivity contribution < 1.29 is 13.9 Å². The summed E-state index contributed by atoms with van der Waals surface area (Å²) in [6, 6.07) is 9.91. The molecule has 0 aliphatic heterocycles. The van der Waals surface area contributed by atoms with Crippen LogP contribution in [0.25, 0.3) is 0 Å². The van der Waals surface area contributed by atoms with Crippen molar-refractivity contribution in [2.24, 2.45) is 0 Å². The third kappa shape index (κ3) is 4.34. The Kier molecular flexibility index (Phi) is 5.60. The lowest BCUT2D eigenvalue weighted by molar-refractivity contribution is -0.127. The molecule has 0 radical (unpaired) electrons. The Morgan fingerprint density at radius 1 is 1.08 bits per heavy atom. The van der Waals surface area contributed by atoms with Gasteiger partial charge in [0, 0.05) is 0 Å². The SMILES string of the molecule is Cc1cc(C)c(C)c(O[C@H](C)C(=O)N[C@H](C)c2ccc(F)cc2)c1. The van der Waals surface area contributed by atoms with Gasteiger partial charge in [0.15, 0.2) is 6.10 Å². The van der Waals surface area contributed by atoms with E-state index in [0.29, 0.717) is 0 Å². The second-order valence-corrected chi connectivity index (χ2v) is 6.25. The summed E-state index contributed by atoms with van der Waals surface area (Å²) in [6.07, 6.45) is -0.618. The number of rotatable bonds is 5. The minimum Gasteiger partial charge on any atom is -0.481 e. The first kappa shape index (κ1) is 18.0. The minimum absolute atomic E-state index is 0.203. The lowest BCUT2D eigenvalue weighted by Gasteiger charge is -2.20. The summed E-state index contributed by atoms with van der Waals surface area (Å²) in [4.78, 5) is 12.4. The fourth-order valence-electron chi connectivity index (χ4n) is 2.53. The summed E-state index contributed by atoms with van der Waals surface area (Å²) in [6.45, 7) is 9.59. The quantitative estimate of drug-likeness (QED) is 0.883. The van der Waals surface area contributed by atoms with Gasteiger partial charge < -0.3 is 10.1 Å². The predicted molar refractivity (Wildman–Crippen MR) is 93.7 cm³/mol. The monoisotopic (exact) mass is 329 g/mol. The van der Waals surface area contributed by atoms with E-state index in [-0.39, 0.29) is 17.8 Å². The number of hydrogen-bond acceptors (Lipinski definition) is 2. The van der Waals surface area contributed by atoms with Crippen LogP contribution in [0.4, 0.5) is 4.39 Å². The molecule has 3 nitrogen and oxygen atoms in total. The van der Waals surface area contributed by atoms with Gasteiger partial charge in [0.1, 0.15) is 11.6 Å². The molecular formula is C20H24FNO2. The Hall–Kier alpha value is -2.36. The van der Waals surface area contributed by atoms with Crippen molar-refractivity contribution >= 4 is 5.91 Å². The van der Waals surface area contributed by atoms with Crippen molar-refractivity contribution in [3.8, 4) is 5.75 Å². The predicted octanol–water partition coefficient (Wildman–Crippen LogP) is 4.40. The van der Waals surface area contributed by atoms with Crippen LogP contribution in [-0.2, 0) is 4.79 Å². The lowest BCUT2D eigenvalue weighted by Crippen LogP contribution is -2.37. The van der Waals surface area contributed by atoms with E-state index in [1.807, 2.05) is 33.8 Å². The third-order valence-electron chi connectivity index (χ3n) is 4.17. The van der Waals surface area contributed by atoms with Gasteiger partial charge >= 0.3 is 0 Å². The smallest absolute Gasteiger partial charge is 0.261 e. The molecule has 0 saturated carbocycles. The summed E-state index contributed by atoms with van der Waals surface area (Å²) in [5.41, 5.74) is 4.11. The van der Waals surface area contributed by atoms with Crippen molar-refractivity contribution in [2.45, 2.75) is 46.8 Å². The molecule has 0 aromatic heterocycles. The number of ether oxygens (including phenoxy) is 1. The topological polar surface area (TPSA) is 38.3 Å². The highest BCUT2D eigenvalue weighted by atomic mass is 19.1. The molecule has 0 bridgehead atoms. The van der Waals surface area contributed by atoms with Crippen molar-refractivity contribution in [3.63, 3.8) is 0 Å². The van der Waals surface area contributed by atoms with Crippen LogP contribution in [0.2, 0.25) is 0 Å². The number of benzene rings is 2. The third-order valence-corrected chi connectivity index (χ3v) is 4.17. The highest BCUT2D eigenvalue weighted by molar-refractivity contribution is 5.81. The molecule has 0 unspecified atom stereocenters. The van der Waals surface area contributed by atoms with Crippen LogP contribution < -0.4 is 10.1 Å². The first-order valence-corrected chi connectivity index (χ1v) is 8.08. The fourth-order valence-corrected chi connectivity index (χ4v) is 2.53. The number of amides is 1. The second-order valence-electron chi connectivity index (χ2n) is 6.25. The molecule has 1 N–H and O–H groups in total. The van der Waals surface area contributed by atoms with E-state index in [9.17, 15) is 9.18 Å². The number of hydrogen-bond donors (Lipinski definition) is 1. The second kappa shape index (κ2) is 7.47. The highest BCUT2D eigenvalue weighted by Gasteiger charge is 2.19. The number of carbonyl (C=O) groups excluding carboxylic acids is 1. The molecule has 0 spiro atoms. The lowest BCUT2D eigenvalue weighted by atomic mass is 10.1. The summed E-state index contributed by atoms with van der Waals surface area (Å²) in [5.74, 6) is 0.231. The highest BCUT2D eigenvalue weighted by Crippen LogP contribution is 2.24. The molecule has 2 atom stereocenters. The Morgan fingerprint density at radius 3 is 2.33 bits per heavy atom. The molecule has 0 heterocycles. The Morgan fingerprint density at radius 2 is 1.71 bits per heavy atom. The van der Waals surface area contributed by atoms with E-state index in [1.165, 1.54) is 12.1 Å². The maximum absolute atomic E-state index is 13.0. The summed E-state index contributed by atoms with van der Waals surface area (Å²) in [7, 11) is 0. The fraction of sp³-hybridized carbons (Fsp3) is 0.350. The molecule has 2 aromatic rings. The Labute approximate surface area is 142 Å². The van der Waals surface area contributed by atoms with Crippen LogP contribution >= 0.6 is 0 Å². The van der Waals surface area contributed by atoms with Crippen LogP contribution in [-0.4, -0.2) is 12.0 Å². The average molecular weight is 329 g/mol. The molecule has 2 rings (SSSR count). The number of nitrogens with one attached hydrogen (secondary N) is 1. The summed E-state index contributed by atoms with van der Waals surface area (Å²) >= 11 is 0. The van der Waals surface area contributed by atoms with Gasteiger partial charge in [-0.15, -0.1) is 0 Å². The van der Waals surface area contributed by atoms with Gasteiger partial charge in [-0.1, -0.05) is 18.2 Å². The maximum atomic E-state index is 13.0. The molecule has 0 saturated heterocycles. The minimum atomic E-state index is -0.618. The maximum Gasteiger partial charge on any atom is 0.261 e. The Bertz CT molecular complexity index is 725. The number of carbonyl (C=O) groups is 1. The number of aryl methyl sites for hydroxylation is 2. The molecule has 0 aliphatic rings. The van der Waals surface area contributed by atoms with Gasteiger partial charge in [0.2, 0.25) is 0 Å². The van der Waals surface area contributed by atoms with Gasteiger partial charge in [0.25, 0.3) is 5.91 Å². The number of halogens is 1. The molecule has 0 aliphatic carbocycles. The molecule has 4 heteroatoms. The molecule has 128 valence electrons. The Balaban J connectivity index is 2.03. The van der Waals surface area contributed by atoms with E-state index in [0.717, 1.165) is 28.0 Å². The van der Waals surface area contributed by atoms with E-state index in [4.69, 9.17) is 4.74 Å². The zero-order valence-electron chi connectivity index (χ0n) is 14.8. The van der Waals surface area contributed by atoms with Crippen LogP contribution in [0.5, 0.6) is 5.75 Å². The molecule has 2 aromatic carbocycles. The van der Waals surface area contributed by atoms with Crippen LogP contribution in [0.15, 0.2) is 36.4 Å². The van der Waals surface area contributed by atoms with Gasteiger partial charge in [-0.3, -0.25) is 4.79 Å². The van der Waals surface area contributed by atoms with E-state index in [2.05, 4.69) is 11.4 Å². The van der Waals surface area contributed by atoms with Gasteiger partial charge in [-0.25, -0.2) is 4.39 Å². The first-order valence-electron chi connectivity index (χ1n) is 8.08. The molecule has 1 amide bonds. The largest absolute Gasteiger partial charge is 0.481 e. The van der Waals surface area contributed by atoms with Gasteiger partial charge in [0.05, 0.1) is 6.04 Å². The van der Waals surface area contributed by atoms with Gasteiger partial charge in [-0.2, -0.15) is 0 Å². The van der Waals surface area contributed by atoms with Crippen molar-refractivity contribution in [2.75, 3.05) is 0 Å². The average Bonchev–Trinajstić information content (AvgIpc) is 2.52. The van der Waals surface area contributed by atoms with Crippen LogP contribution in [0.3, 0.4) is 0 Å². The van der Waals surface area contributed by atoms with Crippen molar-refractivity contribution in [1.29, 1.82) is 0 Å². The summed E-state index contributed by atoms with van der Waals surface area (Å²) < 4.78 is 18.8. The van der Waals surface area contributed by atoms with Crippen molar-refractivity contribution in [3.05, 3.63) is 64.5 Å². The molecule has 0 fully saturated rings. The first-order chi connectivity index (χ1) is 11.3. The molecule has 24 heavy (non-hydrogen) atoms.